The van der Waals surface area contributed by atoms with Gasteiger partial charge in [0.05, 0.1) is 5.69 Å². The van der Waals surface area contributed by atoms with Crippen molar-refractivity contribution in [3.63, 3.8) is 0 Å². The highest BCUT2D eigenvalue weighted by Gasteiger charge is 2.31. The number of nitrogens with zero attached hydrogens (tertiary/aromatic N) is 1. The van der Waals surface area contributed by atoms with Gasteiger partial charge < -0.3 is 5.11 Å². The highest BCUT2D eigenvalue weighted by Crippen LogP contribution is 2.31. The lowest BCUT2D eigenvalue weighted by molar-refractivity contribution is -0.117. The van der Waals surface area contributed by atoms with E-state index in [2.05, 4.69) is 6.58 Å². The summed E-state index contributed by atoms with van der Waals surface area (Å²) in [6.45, 7) is 3.69. The maximum atomic E-state index is 11.7. The summed E-state index contributed by atoms with van der Waals surface area (Å²) in [6, 6.07) is 5.35. The third-order valence-corrected chi connectivity index (χ3v) is 3.09. The predicted octanol–water partition coefficient (Wildman–Crippen LogP) is 2.51. The number of rotatable bonds is 3. The number of carbonyl (C=O) groups excluding carboxylic acids is 1. The number of carbonyl (C=O) groups is 1. The number of hydrogen-bond donors (Lipinski definition) is 1. The molecule has 0 radical (unpaired) electrons. The van der Waals surface area contributed by atoms with Gasteiger partial charge in [0.25, 0.3) is 0 Å². The molecule has 3 nitrogen and oxygen atoms in total. The Hall–Kier alpha value is -1.32. The summed E-state index contributed by atoms with van der Waals surface area (Å²) >= 11 is 5.95. The number of anilines is 1. The van der Waals surface area contributed by atoms with Crippen LogP contribution in [0.1, 0.15) is 18.4 Å². The number of halogens is 1. The average molecular weight is 252 g/mol. The number of amides is 1. The van der Waals surface area contributed by atoms with Crippen LogP contribution >= 0.6 is 11.6 Å². The molecule has 0 aliphatic carbocycles. The van der Waals surface area contributed by atoms with Gasteiger partial charge in [-0.3, -0.25) is 9.69 Å². The third kappa shape index (κ3) is 2.35. The van der Waals surface area contributed by atoms with Gasteiger partial charge in [-0.1, -0.05) is 23.7 Å². The molecule has 0 spiro atoms. The Bertz CT molecular complexity index is 459. The first kappa shape index (κ1) is 12.1. The summed E-state index contributed by atoms with van der Waals surface area (Å²) in [6.07, 6.45) is 2.51. The second-order valence-electron chi connectivity index (χ2n) is 4.05. The quantitative estimate of drug-likeness (QED) is 0.839. The number of benzene rings is 1. The van der Waals surface area contributed by atoms with Gasteiger partial charge in [0.1, 0.15) is 6.23 Å². The fourth-order valence-corrected chi connectivity index (χ4v) is 2.22. The molecule has 1 aliphatic rings. The van der Waals surface area contributed by atoms with E-state index in [0.717, 1.165) is 5.56 Å². The van der Waals surface area contributed by atoms with Crippen LogP contribution in [0.25, 0.3) is 0 Å². The Morgan fingerprint density at radius 3 is 2.94 bits per heavy atom. The van der Waals surface area contributed by atoms with Crippen molar-refractivity contribution in [2.24, 2.45) is 0 Å². The molecule has 1 aromatic rings. The van der Waals surface area contributed by atoms with E-state index in [1.807, 2.05) is 6.07 Å². The van der Waals surface area contributed by atoms with Crippen molar-refractivity contribution in [1.29, 1.82) is 0 Å². The van der Waals surface area contributed by atoms with Gasteiger partial charge >= 0.3 is 0 Å². The maximum absolute atomic E-state index is 11.7. The number of aliphatic hydroxyl groups excluding tert-OH is 1. The number of aliphatic hydroxyl groups is 1. The molecule has 1 heterocycles. The molecule has 17 heavy (non-hydrogen) atoms. The zero-order valence-electron chi connectivity index (χ0n) is 9.40. The minimum atomic E-state index is -0.746. The lowest BCUT2D eigenvalue weighted by Gasteiger charge is -2.23. The summed E-state index contributed by atoms with van der Waals surface area (Å²) in [5.41, 5.74) is 1.63. The Morgan fingerprint density at radius 1 is 1.59 bits per heavy atom. The molecule has 1 unspecified atom stereocenters. The zero-order valence-corrected chi connectivity index (χ0v) is 10.2. The molecule has 0 bridgehead atoms. The first-order valence-corrected chi connectivity index (χ1v) is 5.90. The second kappa shape index (κ2) is 4.90. The van der Waals surface area contributed by atoms with Gasteiger partial charge in [-0.2, -0.15) is 0 Å². The lowest BCUT2D eigenvalue weighted by atomic mass is 10.1. The molecule has 1 aromatic carbocycles. The van der Waals surface area contributed by atoms with Crippen LogP contribution in [0, 0.1) is 0 Å². The number of allylic oxidation sites excluding steroid dienone is 1. The fourth-order valence-electron chi connectivity index (χ4n) is 2.05. The first-order chi connectivity index (χ1) is 8.13. The van der Waals surface area contributed by atoms with Crippen molar-refractivity contribution in [2.75, 3.05) is 4.90 Å². The van der Waals surface area contributed by atoms with Gasteiger partial charge in [-0.15, -0.1) is 6.58 Å². The topological polar surface area (TPSA) is 40.5 Å². The molecule has 1 fully saturated rings. The SMILES string of the molecule is C=CCc1ccc(Cl)cc1N1C(=O)CCC1O. The molecular weight excluding hydrogens is 238 g/mol. The largest absolute Gasteiger partial charge is 0.373 e. The molecule has 4 heteroatoms. The van der Waals surface area contributed by atoms with E-state index in [9.17, 15) is 9.90 Å². The molecule has 1 saturated heterocycles. The minimum absolute atomic E-state index is 0.0647. The second-order valence-corrected chi connectivity index (χ2v) is 4.49. The maximum Gasteiger partial charge on any atom is 0.229 e. The van der Waals surface area contributed by atoms with Crippen LogP contribution in [0.2, 0.25) is 5.02 Å². The van der Waals surface area contributed by atoms with Crippen molar-refractivity contribution in [3.8, 4) is 0 Å². The van der Waals surface area contributed by atoms with Gasteiger partial charge in [-0.25, -0.2) is 0 Å². The minimum Gasteiger partial charge on any atom is -0.373 e. The summed E-state index contributed by atoms with van der Waals surface area (Å²) in [4.78, 5) is 13.2. The smallest absolute Gasteiger partial charge is 0.229 e. The monoisotopic (exact) mass is 251 g/mol. The van der Waals surface area contributed by atoms with Gasteiger partial charge in [-0.05, 0) is 24.1 Å². The molecule has 0 saturated carbocycles. The Balaban J connectivity index is 2.44. The standard InChI is InChI=1S/C13H14ClNO2/c1-2-3-9-4-5-10(14)8-11(9)15-12(16)6-7-13(15)17/h2,4-5,8,12,16H,1,3,6-7H2. The van der Waals surface area contributed by atoms with Crippen molar-refractivity contribution < 1.29 is 9.90 Å². The van der Waals surface area contributed by atoms with Crippen LogP contribution in [0.3, 0.4) is 0 Å². The predicted molar refractivity (Wildman–Crippen MR) is 68.1 cm³/mol. The molecule has 1 atom stereocenters. The van der Waals surface area contributed by atoms with Crippen molar-refractivity contribution >= 4 is 23.2 Å². The van der Waals surface area contributed by atoms with E-state index in [4.69, 9.17) is 11.6 Å². The highest BCUT2D eigenvalue weighted by molar-refractivity contribution is 6.31. The summed E-state index contributed by atoms with van der Waals surface area (Å²) < 4.78 is 0. The molecule has 90 valence electrons. The van der Waals surface area contributed by atoms with E-state index in [-0.39, 0.29) is 5.91 Å². The van der Waals surface area contributed by atoms with E-state index >= 15 is 0 Å². The summed E-state index contributed by atoms with van der Waals surface area (Å²) in [5, 5.41) is 10.4. The van der Waals surface area contributed by atoms with E-state index in [1.165, 1.54) is 4.90 Å². The Kier molecular flexibility index (Phi) is 3.50. The lowest BCUT2D eigenvalue weighted by Crippen LogP contribution is -2.33. The van der Waals surface area contributed by atoms with E-state index in [0.29, 0.717) is 30.0 Å². The fraction of sp³-hybridized carbons (Fsp3) is 0.308. The Labute approximate surface area is 105 Å². The molecule has 1 aliphatic heterocycles. The molecule has 1 amide bonds. The Morgan fingerprint density at radius 2 is 2.35 bits per heavy atom. The summed E-state index contributed by atoms with van der Waals surface area (Å²) in [7, 11) is 0. The van der Waals surface area contributed by atoms with E-state index < -0.39 is 6.23 Å². The van der Waals surface area contributed by atoms with Gasteiger partial charge in [0.15, 0.2) is 0 Å². The van der Waals surface area contributed by atoms with Crippen LogP contribution < -0.4 is 4.90 Å². The first-order valence-electron chi connectivity index (χ1n) is 5.53. The normalized spacial score (nSPS) is 19.8. The van der Waals surface area contributed by atoms with Gasteiger partial charge in [0, 0.05) is 17.9 Å². The van der Waals surface area contributed by atoms with Crippen LogP contribution in [-0.2, 0) is 11.2 Å². The molecule has 0 aromatic heterocycles. The van der Waals surface area contributed by atoms with Crippen LogP contribution in [0.15, 0.2) is 30.9 Å². The van der Waals surface area contributed by atoms with Crippen LogP contribution in [0.4, 0.5) is 5.69 Å². The van der Waals surface area contributed by atoms with Crippen molar-refractivity contribution in [1.82, 2.24) is 0 Å². The van der Waals surface area contributed by atoms with Crippen LogP contribution in [-0.4, -0.2) is 17.2 Å². The molecule has 1 N–H and O–H groups in total. The summed E-state index contributed by atoms with van der Waals surface area (Å²) in [5.74, 6) is -0.0647. The average Bonchev–Trinajstić information content (AvgIpc) is 2.62. The van der Waals surface area contributed by atoms with Crippen molar-refractivity contribution in [2.45, 2.75) is 25.5 Å². The van der Waals surface area contributed by atoms with Crippen LogP contribution in [0.5, 0.6) is 0 Å². The van der Waals surface area contributed by atoms with Crippen molar-refractivity contribution in [3.05, 3.63) is 41.4 Å². The van der Waals surface area contributed by atoms with E-state index in [1.54, 1.807) is 18.2 Å². The third-order valence-electron chi connectivity index (χ3n) is 2.85. The number of hydrogen-bond acceptors (Lipinski definition) is 2. The molecule has 2 rings (SSSR count). The van der Waals surface area contributed by atoms with Gasteiger partial charge in [0.2, 0.25) is 5.91 Å². The molecular formula is C13H14ClNO2. The highest BCUT2D eigenvalue weighted by atomic mass is 35.5. The zero-order chi connectivity index (χ0) is 12.4.